The van der Waals surface area contributed by atoms with E-state index >= 15 is 0 Å². The minimum absolute atomic E-state index is 0.108. The lowest BCUT2D eigenvalue weighted by Gasteiger charge is -2.05. The molecular formula is C20H11Cl3N2O2S. The molecule has 2 aromatic carbocycles. The van der Waals surface area contributed by atoms with E-state index in [1.807, 2.05) is 18.2 Å². The molecule has 8 heteroatoms. The second kappa shape index (κ2) is 9.22. The van der Waals surface area contributed by atoms with Crippen LogP contribution in [0.1, 0.15) is 5.76 Å². The fourth-order valence-electron chi connectivity index (χ4n) is 2.15. The molecule has 0 saturated heterocycles. The van der Waals surface area contributed by atoms with Crippen molar-refractivity contribution >= 4 is 64.2 Å². The van der Waals surface area contributed by atoms with Gasteiger partial charge in [0.2, 0.25) is 0 Å². The van der Waals surface area contributed by atoms with Crippen LogP contribution in [-0.2, 0) is 4.79 Å². The molecule has 0 bridgehead atoms. The van der Waals surface area contributed by atoms with Gasteiger partial charge in [-0.15, -0.1) is 0 Å². The lowest BCUT2D eigenvalue weighted by molar-refractivity contribution is -0.112. The molecule has 0 atom stereocenters. The summed E-state index contributed by atoms with van der Waals surface area (Å²) in [6.45, 7) is 0. The fraction of sp³-hybridized carbons (Fsp3) is 0. The van der Waals surface area contributed by atoms with Crippen molar-refractivity contribution in [2.75, 3.05) is 5.32 Å². The van der Waals surface area contributed by atoms with Gasteiger partial charge in [0.15, 0.2) is 5.09 Å². The quantitative estimate of drug-likeness (QED) is 0.338. The third kappa shape index (κ3) is 5.34. The predicted molar refractivity (Wildman–Crippen MR) is 113 cm³/mol. The third-order valence-electron chi connectivity index (χ3n) is 3.46. The molecule has 0 saturated carbocycles. The SMILES string of the molecule is N#C/C(=C\c1ccc(Sc2ccc(Cl)cc2)o1)C(=O)Nc1ccc(Cl)c(Cl)c1. The van der Waals surface area contributed by atoms with E-state index in [-0.39, 0.29) is 5.57 Å². The highest BCUT2D eigenvalue weighted by Gasteiger charge is 2.12. The zero-order valence-corrected chi connectivity index (χ0v) is 17.2. The van der Waals surface area contributed by atoms with Crippen molar-refractivity contribution in [2.24, 2.45) is 0 Å². The molecule has 1 aromatic heterocycles. The first-order valence-corrected chi connectivity index (χ1v) is 9.81. The maximum absolute atomic E-state index is 12.3. The van der Waals surface area contributed by atoms with Crippen molar-refractivity contribution < 1.29 is 9.21 Å². The number of anilines is 1. The predicted octanol–water partition coefficient (Wildman–Crippen LogP) is 6.94. The first kappa shape index (κ1) is 20.4. The molecule has 4 nitrogen and oxygen atoms in total. The number of carbonyl (C=O) groups excluding carboxylic acids is 1. The first-order valence-electron chi connectivity index (χ1n) is 7.86. The van der Waals surface area contributed by atoms with Gasteiger partial charge in [-0.2, -0.15) is 5.26 Å². The van der Waals surface area contributed by atoms with Crippen molar-refractivity contribution in [3.05, 3.63) is 81.0 Å². The Morgan fingerprint density at radius 2 is 1.79 bits per heavy atom. The van der Waals surface area contributed by atoms with Crippen LogP contribution in [0.3, 0.4) is 0 Å². The van der Waals surface area contributed by atoms with Crippen molar-refractivity contribution in [1.29, 1.82) is 5.26 Å². The summed E-state index contributed by atoms with van der Waals surface area (Å²) in [6.07, 6.45) is 1.37. The Kier molecular flexibility index (Phi) is 6.71. The van der Waals surface area contributed by atoms with Crippen LogP contribution in [0, 0.1) is 11.3 Å². The number of nitrogens with zero attached hydrogens (tertiary/aromatic N) is 1. The molecule has 1 amide bonds. The summed E-state index contributed by atoms with van der Waals surface area (Å²) in [7, 11) is 0. The fourth-order valence-corrected chi connectivity index (χ4v) is 3.35. The zero-order valence-electron chi connectivity index (χ0n) is 14.1. The second-order valence-electron chi connectivity index (χ2n) is 5.47. The third-order valence-corrected chi connectivity index (χ3v) is 5.38. The van der Waals surface area contributed by atoms with Gasteiger partial charge in [-0.3, -0.25) is 4.79 Å². The molecule has 3 rings (SSSR count). The second-order valence-corrected chi connectivity index (χ2v) is 7.79. The molecule has 0 aliphatic carbocycles. The highest BCUT2D eigenvalue weighted by atomic mass is 35.5. The summed E-state index contributed by atoms with van der Waals surface area (Å²) >= 11 is 19.1. The Morgan fingerprint density at radius 1 is 1.04 bits per heavy atom. The smallest absolute Gasteiger partial charge is 0.266 e. The minimum Gasteiger partial charge on any atom is -0.450 e. The largest absolute Gasteiger partial charge is 0.450 e. The zero-order chi connectivity index (χ0) is 20.1. The molecule has 0 radical (unpaired) electrons. The molecule has 140 valence electrons. The van der Waals surface area contributed by atoms with Crippen molar-refractivity contribution in [2.45, 2.75) is 9.99 Å². The lowest BCUT2D eigenvalue weighted by atomic mass is 10.2. The number of amides is 1. The van der Waals surface area contributed by atoms with Crippen LogP contribution in [0.5, 0.6) is 0 Å². The van der Waals surface area contributed by atoms with Crippen LogP contribution in [0.4, 0.5) is 5.69 Å². The molecule has 0 aliphatic rings. The maximum Gasteiger partial charge on any atom is 0.266 e. The van der Waals surface area contributed by atoms with Gasteiger partial charge in [0.1, 0.15) is 17.4 Å². The Bertz CT molecular complexity index is 1090. The average molecular weight is 450 g/mol. The number of hydrogen-bond donors (Lipinski definition) is 1. The number of hydrogen-bond acceptors (Lipinski definition) is 4. The van der Waals surface area contributed by atoms with E-state index in [0.717, 1.165) is 4.90 Å². The molecule has 1 heterocycles. The van der Waals surface area contributed by atoms with Crippen LogP contribution in [0.2, 0.25) is 15.1 Å². The standard InChI is InChI=1S/C20H11Cl3N2O2S/c21-13-1-5-16(6-2-13)28-19-8-4-15(27-19)9-12(11-24)20(26)25-14-3-7-17(22)18(23)10-14/h1-10H,(H,25,26)/b12-9+. The molecular weight excluding hydrogens is 439 g/mol. The van der Waals surface area contributed by atoms with E-state index in [4.69, 9.17) is 39.2 Å². The minimum atomic E-state index is -0.579. The molecule has 0 spiro atoms. The summed E-state index contributed by atoms with van der Waals surface area (Å²) in [6, 6.07) is 17.3. The number of nitrogens with one attached hydrogen (secondary N) is 1. The van der Waals surface area contributed by atoms with E-state index in [1.165, 1.54) is 23.9 Å². The Labute approximate surface area is 180 Å². The van der Waals surface area contributed by atoms with Crippen molar-refractivity contribution in [1.82, 2.24) is 0 Å². The summed E-state index contributed by atoms with van der Waals surface area (Å²) in [5.74, 6) is -0.193. The van der Waals surface area contributed by atoms with Gasteiger partial charge in [0.25, 0.3) is 5.91 Å². The maximum atomic E-state index is 12.3. The highest BCUT2D eigenvalue weighted by Crippen LogP contribution is 2.31. The Hall–Kier alpha value is -2.36. The van der Waals surface area contributed by atoms with Crippen LogP contribution >= 0.6 is 46.6 Å². The van der Waals surface area contributed by atoms with Gasteiger partial charge in [-0.05, 0) is 54.6 Å². The van der Waals surface area contributed by atoms with Crippen LogP contribution in [-0.4, -0.2) is 5.91 Å². The van der Waals surface area contributed by atoms with Gasteiger partial charge in [-0.1, -0.05) is 46.6 Å². The monoisotopic (exact) mass is 448 g/mol. The van der Waals surface area contributed by atoms with E-state index in [9.17, 15) is 10.1 Å². The average Bonchev–Trinajstić information content (AvgIpc) is 3.11. The van der Waals surface area contributed by atoms with Gasteiger partial charge >= 0.3 is 0 Å². The van der Waals surface area contributed by atoms with E-state index in [1.54, 1.807) is 36.4 Å². The van der Waals surface area contributed by atoms with Crippen molar-refractivity contribution in [3.8, 4) is 6.07 Å². The summed E-state index contributed by atoms with van der Waals surface area (Å²) in [5, 5.41) is 13.9. The Balaban J connectivity index is 1.72. The topological polar surface area (TPSA) is 66.0 Å². The molecule has 0 fully saturated rings. The van der Waals surface area contributed by atoms with Crippen LogP contribution in [0.15, 0.2) is 74.6 Å². The molecule has 1 N–H and O–H groups in total. The number of benzene rings is 2. The van der Waals surface area contributed by atoms with E-state index in [2.05, 4.69) is 5.32 Å². The molecule has 28 heavy (non-hydrogen) atoms. The summed E-state index contributed by atoms with van der Waals surface area (Å²) < 4.78 is 5.67. The van der Waals surface area contributed by atoms with E-state index < -0.39 is 5.91 Å². The first-order chi connectivity index (χ1) is 13.4. The molecule has 3 aromatic rings. The van der Waals surface area contributed by atoms with Crippen LogP contribution in [0.25, 0.3) is 6.08 Å². The number of halogens is 3. The number of nitriles is 1. The lowest BCUT2D eigenvalue weighted by Crippen LogP contribution is -2.13. The normalized spacial score (nSPS) is 11.1. The highest BCUT2D eigenvalue weighted by molar-refractivity contribution is 7.99. The van der Waals surface area contributed by atoms with Gasteiger partial charge in [-0.25, -0.2) is 0 Å². The van der Waals surface area contributed by atoms with Gasteiger partial charge in [0.05, 0.1) is 10.0 Å². The number of carbonyl (C=O) groups is 1. The number of furan rings is 1. The Morgan fingerprint density at radius 3 is 2.46 bits per heavy atom. The number of rotatable bonds is 5. The van der Waals surface area contributed by atoms with Crippen LogP contribution < -0.4 is 5.32 Å². The van der Waals surface area contributed by atoms with Crippen molar-refractivity contribution in [3.63, 3.8) is 0 Å². The molecule has 0 unspecified atom stereocenters. The summed E-state index contributed by atoms with van der Waals surface area (Å²) in [5.41, 5.74) is 0.322. The van der Waals surface area contributed by atoms with Gasteiger partial charge in [0, 0.05) is 21.7 Å². The van der Waals surface area contributed by atoms with E-state index in [0.29, 0.717) is 31.6 Å². The summed E-state index contributed by atoms with van der Waals surface area (Å²) in [4.78, 5) is 13.3. The van der Waals surface area contributed by atoms with Gasteiger partial charge < -0.3 is 9.73 Å². The molecule has 0 aliphatic heterocycles.